The van der Waals surface area contributed by atoms with Crippen molar-refractivity contribution in [3.63, 3.8) is 0 Å². The van der Waals surface area contributed by atoms with E-state index in [-0.39, 0.29) is 24.0 Å². The summed E-state index contributed by atoms with van der Waals surface area (Å²) in [6.07, 6.45) is 0. The van der Waals surface area contributed by atoms with E-state index >= 15 is 0 Å². The molecule has 0 aromatic heterocycles. The van der Waals surface area contributed by atoms with Crippen molar-refractivity contribution in [3.05, 3.63) is 103 Å². The van der Waals surface area contributed by atoms with E-state index in [0.717, 1.165) is 16.3 Å². The highest BCUT2D eigenvalue weighted by Crippen LogP contribution is 2.20. The van der Waals surface area contributed by atoms with Gasteiger partial charge in [-0.3, -0.25) is 4.79 Å². The lowest BCUT2D eigenvalue weighted by Gasteiger charge is -2.10. The average molecular weight is 447 g/mol. The molecule has 4 aromatic carbocycles. The van der Waals surface area contributed by atoms with Crippen LogP contribution in [0.5, 0.6) is 5.75 Å². The molecule has 0 aliphatic carbocycles. The fourth-order valence-corrected chi connectivity index (χ4v) is 4.20. The van der Waals surface area contributed by atoms with Crippen LogP contribution in [0.4, 0.5) is 5.69 Å². The van der Waals surface area contributed by atoms with Gasteiger partial charge in [0.15, 0.2) is 6.61 Å². The molecule has 162 valence electrons. The zero-order valence-electron chi connectivity index (χ0n) is 17.2. The van der Waals surface area contributed by atoms with Gasteiger partial charge in [0, 0.05) is 12.2 Å². The highest BCUT2D eigenvalue weighted by atomic mass is 32.2. The maximum atomic E-state index is 12.5. The van der Waals surface area contributed by atoms with Crippen molar-refractivity contribution in [1.29, 1.82) is 0 Å². The van der Waals surface area contributed by atoms with Crippen LogP contribution in [0.3, 0.4) is 0 Å². The fourth-order valence-electron chi connectivity index (χ4n) is 3.18. The smallest absolute Gasteiger partial charge is 0.262 e. The van der Waals surface area contributed by atoms with Crippen molar-refractivity contribution in [3.8, 4) is 5.75 Å². The fraction of sp³-hybridized carbons (Fsp3) is 0.0800. The Morgan fingerprint density at radius 3 is 2.22 bits per heavy atom. The highest BCUT2D eigenvalue weighted by molar-refractivity contribution is 7.89. The summed E-state index contributed by atoms with van der Waals surface area (Å²) in [4.78, 5) is 12.3. The standard InChI is InChI=1S/C25H22N2O4S/c28-25(18-31-23-13-10-20-8-4-5-9-21(20)16-23)27-22-11-14-24(15-12-22)32(29,30)26-17-19-6-2-1-3-7-19/h1-16,26H,17-18H2,(H,27,28). The van der Waals surface area contributed by atoms with Crippen molar-refractivity contribution in [2.24, 2.45) is 0 Å². The molecule has 2 N–H and O–H groups in total. The number of sulfonamides is 1. The van der Waals surface area contributed by atoms with Crippen LogP contribution in [-0.4, -0.2) is 20.9 Å². The number of carbonyl (C=O) groups is 1. The van der Waals surface area contributed by atoms with E-state index in [1.54, 1.807) is 12.1 Å². The molecular weight excluding hydrogens is 424 g/mol. The molecule has 0 aliphatic rings. The van der Waals surface area contributed by atoms with Gasteiger partial charge in [-0.15, -0.1) is 0 Å². The van der Waals surface area contributed by atoms with Crippen LogP contribution < -0.4 is 14.8 Å². The van der Waals surface area contributed by atoms with Gasteiger partial charge in [0.25, 0.3) is 5.91 Å². The molecule has 4 aromatic rings. The van der Waals surface area contributed by atoms with E-state index in [1.165, 1.54) is 12.1 Å². The summed E-state index contributed by atoms with van der Waals surface area (Å²) in [5, 5.41) is 4.83. The minimum absolute atomic E-state index is 0.124. The molecule has 0 heterocycles. The highest BCUT2D eigenvalue weighted by Gasteiger charge is 2.14. The lowest BCUT2D eigenvalue weighted by atomic mass is 10.1. The summed E-state index contributed by atoms with van der Waals surface area (Å²) in [6.45, 7) is 0.0464. The summed E-state index contributed by atoms with van der Waals surface area (Å²) < 4.78 is 33.1. The zero-order valence-corrected chi connectivity index (χ0v) is 18.0. The molecule has 6 nitrogen and oxygen atoms in total. The number of benzene rings is 4. The number of anilines is 1. The summed E-state index contributed by atoms with van der Waals surface area (Å²) >= 11 is 0. The van der Waals surface area contributed by atoms with Gasteiger partial charge in [0.1, 0.15) is 5.75 Å². The average Bonchev–Trinajstić information content (AvgIpc) is 2.82. The molecule has 0 aliphatic heterocycles. The van der Waals surface area contributed by atoms with Gasteiger partial charge < -0.3 is 10.1 Å². The van der Waals surface area contributed by atoms with Gasteiger partial charge in [-0.05, 0) is 52.7 Å². The van der Waals surface area contributed by atoms with Crippen LogP contribution in [0, 0.1) is 0 Å². The number of rotatable bonds is 8. The Balaban J connectivity index is 1.31. The Bertz CT molecular complexity index is 1320. The summed E-state index contributed by atoms with van der Waals surface area (Å²) in [5.74, 6) is 0.265. The predicted molar refractivity (Wildman–Crippen MR) is 125 cm³/mol. The van der Waals surface area contributed by atoms with Gasteiger partial charge in [0.05, 0.1) is 4.90 Å². The van der Waals surface area contributed by atoms with Crippen LogP contribution in [0.1, 0.15) is 5.56 Å². The van der Waals surface area contributed by atoms with Crippen molar-refractivity contribution in [2.75, 3.05) is 11.9 Å². The third-order valence-corrected chi connectivity index (χ3v) is 6.27. The monoisotopic (exact) mass is 446 g/mol. The molecule has 0 fully saturated rings. The largest absolute Gasteiger partial charge is 0.484 e. The molecule has 32 heavy (non-hydrogen) atoms. The number of fused-ring (bicyclic) bond motifs is 1. The van der Waals surface area contributed by atoms with Crippen molar-refractivity contribution in [2.45, 2.75) is 11.4 Å². The first-order valence-electron chi connectivity index (χ1n) is 10.0. The van der Waals surface area contributed by atoms with E-state index < -0.39 is 10.0 Å². The molecule has 0 saturated heterocycles. The van der Waals surface area contributed by atoms with Crippen LogP contribution in [-0.2, 0) is 21.4 Å². The van der Waals surface area contributed by atoms with E-state index in [2.05, 4.69) is 10.0 Å². The molecule has 1 amide bonds. The number of hydrogen-bond acceptors (Lipinski definition) is 4. The van der Waals surface area contributed by atoms with Gasteiger partial charge >= 0.3 is 0 Å². The Labute approximate surface area is 186 Å². The number of nitrogens with one attached hydrogen (secondary N) is 2. The van der Waals surface area contributed by atoms with E-state index in [1.807, 2.05) is 72.8 Å². The Morgan fingerprint density at radius 2 is 1.47 bits per heavy atom. The molecule has 0 spiro atoms. The second-order valence-electron chi connectivity index (χ2n) is 7.18. The predicted octanol–water partition coefficient (Wildman–Crippen LogP) is 4.34. The van der Waals surface area contributed by atoms with Crippen LogP contribution in [0.25, 0.3) is 10.8 Å². The topological polar surface area (TPSA) is 84.5 Å². The quantitative estimate of drug-likeness (QED) is 0.422. The first kappa shape index (κ1) is 21.5. The lowest BCUT2D eigenvalue weighted by molar-refractivity contribution is -0.118. The second kappa shape index (κ2) is 9.64. The number of ether oxygens (including phenoxy) is 1. The third kappa shape index (κ3) is 5.51. The Morgan fingerprint density at radius 1 is 0.781 bits per heavy atom. The first-order chi connectivity index (χ1) is 15.5. The van der Waals surface area contributed by atoms with Gasteiger partial charge in [0.2, 0.25) is 10.0 Å². The van der Waals surface area contributed by atoms with Crippen LogP contribution >= 0.6 is 0 Å². The molecule has 0 saturated carbocycles. The molecule has 0 unspecified atom stereocenters. The molecule has 0 bridgehead atoms. The maximum Gasteiger partial charge on any atom is 0.262 e. The maximum absolute atomic E-state index is 12.5. The van der Waals surface area contributed by atoms with Gasteiger partial charge in [-0.25, -0.2) is 13.1 Å². The summed E-state index contributed by atoms with van der Waals surface area (Å²) in [7, 11) is -3.66. The lowest BCUT2D eigenvalue weighted by Crippen LogP contribution is -2.23. The minimum atomic E-state index is -3.66. The second-order valence-corrected chi connectivity index (χ2v) is 8.95. The Kier molecular flexibility index (Phi) is 6.49. The molecule has 0 atom stereocenters. The van der Waals surface area contributed by atoms with Crippen molar-refractivity contribution < 1.29 is 17.9 Å². The molecule has 0 radical (unpaired) electrons. The minimum Gasteiger partial charge on any atom is -0.484 e. The summed E-state index contributed by atoms with van der Waals surface area (Å²) in [6, 6.07) is 28.8. The SMILES string of the molecule is O=C(COc1ccc2ccccc2c1)Nc1ccc(S(=O)(=O)NCc2ccccc2)cc1. The number of amides is 1. The third-order valence-electron chi connectivity index (χ3n) is 4.85. The molecule has 7 heteroatoms. The van der Waals surface area contributed by atoms with Crippen LogP contribution in [0.15, 0.2) is 102 Å². The summed E-state index contributed by atoms with van der Waals surface area (Å²) in [5.41, 5.74) is 1.35. The number of hydrogen-bond donors (Lipinski definition) is 2. The van der Waals surface area contributed by atoms with E-state index in [4.69, 9.17) is 4.74 Å². The molecule has 4 rings (SSSR count). The molecular formula is C25H22N2O4S. The van der Waals surface area contributed by atoms with Crippen molar-refractivity contribution >= 4 is 32.4 Å². The first-order valence-corrected chi connectivity index (χ1v) is 11.5. The van der Waals surface area contributed by atoms with Crippen LogP contribution in [0.2, 0.25) is 0 Å². The van der Waals surface area contributed by atoms with Gasteiger partial charge in [-0.1, -0.05) is 60.7 Å². The zero-order chi connectivity index (χ0) is 22.4. The number of carbonyl (C=O) groups excluding carboxylic acids is 1. The van der Waals surface area contributed by atoms with Crippen molar-refractivity contribution in [1.82, 2.24) is 4.72 Å². The van der Waals surface area contributed by atoms with E-state index in [0.29, 0.717) is 11.4 Å². The normalized spacial score (nSPS) is 11.2. The Hall–Kier alpha value is -3.68. The van der Waals surface area contributed by atoms with E-state index in [9.17, 15) is 13.2 Å². The van der Waals surface area contributed by atoms with Gasteiger partial charge in [-0.2, -0.15) is 0 Å².